The molecule has 3 amide bonds. The van der Waals surface area contributed by atoms with Crippen LogP contribution >= 0.6 is 0 Å². The van der Waals surface area contributed by atoms with Crippen molar-refractivity contribution >= 4 is 17.6 Å². The van der Waals surface area contributed by atoms with E-state index in [1.807, 2.05) is 6.07 Å². The summed E-state index contributed by atoms with van der Waals surface area (Å²) >= 11 is 0. The number of urea groups is 1. The summed E-state index contributed by atoms with van der Waals surface area (Å²) in [6.45, 7) is 8.33. The van der Waals surface area contributed by atoms with Gasteiger partial charge in [-0.25, -0.2) is 4.79 Å². The number of anilines is 1. The number of primary amides is 1. The van der Waals surface area contributed by atoms with Gasteiger partial charge in [-0.05, 0) is 48.9 Å². The fourth-order valence-electron chi connectivity index (χ4n) is 3.75. The maximum absolute atomic E-state index is 12.2. The van der Waals surface area contributed by atoms with Crippen molar-refractivity contribution in [2.45, 2.75) is 52.5 Å². The highest BCUT2D eigenvalue weighted by molar-refractivity contribution is 5.96. The molecule has 0 spiro atoms. The number of unbranched alkanes of at least 4 members (excludes halogenated alkanes) is 1. The van der Waals surface area contributed by atoms with E-state index in [1.165, 1.54) is 6.07 Å². The molecule has 1 atom stereocenters. The molecule has 0 aliphatic rings. The SMILES string of the molecule is CC(C)(C)CC(CCCCNC(=O)c1ccccc1O)NCCOc1ccccc1NC(N)=O. The van der Waals surface area contributed by atoms with Gasteiger partial charge in [-0.2, -0.15) is 0 Å². The average Bonchev–Trinajstić information content (AvgIpc) is 2.76. The van der Waals surface area contributed by atoms with Crippen molar-refractivity contribution in [3.8, 4) is 11.5 Å². The van der Waals surface area contributed by atoms with Gasteiger partial charge in [-0.3, -0.25) is 4.79 Å². The van der Waals surface area contributed by atoms with E-state index < -0.39 is 6.03 Å². The van der Waals surface area contributed by atoms with Gasteiger partial charge >= 0.3 is 6.03 Å². The van der Waals surface area contributed by atoms with E-state index in [2.05, 4.69) is 36.7 Å². The third-order valence-corrected chi connectivity index (χ3v) is 5.21. The minimum Gasteiger partial charge on any atom is -0.507 e. The molecule has 0 heterocycles. The first-order valence-electron chi connectivity index (χ1n) is 11.7. The number of ether oxygens (including phenoxy) is 1. The van der Waals surface area contributed by atoms with Gasteiger partial charge in [0.25, 0.3) is 5.91 Å². The summed E-state index contributed by atoms with van der Waals surface area (Å²) in [4.78, 5) is 23.4. The fourth-order valence-corrected chi connectivity index (χ4v) is 3.75. The zero-order valence-electron chi connectivity index (χ0n) is 20.4. The molecule has 2 rings (SSSR count). The maximum atomic E-state index is 12.2. The number of hydrogen-bond donors (Lipinski definition) is 5. The Morgan fingerprint density at radius 3 is 2.44 bits per heavy atom. The highest BCUT2D eigenvalue weighted by Crippen LogP contribution is 2.24. The van der Waals surface area contributed by atoms with Crippen molar-refractivity contribution in [3.05, 3.63) is 54.1 Å². The van der Waals surface area contributed by atoms with Crippen LogP contribution in [-0.4, -0.2) is 42.8 Å². The van der Waals surface area contributed by atoms with E-state index in [1.54, 1.807) is 36.4 Å². The number of carbonyl (C=O) groups is 2. The minimum absolute atomic E-state index is 0.00954. The third kappa shape index (κ3) is 10.1. The lowest BCUT2D eigenvalue weighted by molar-refractivity contribution is 0.0950. The largest absolute Gasteiger partial charge is 0.507 e. The summed E-state index contributed by atoms with van der Waals surface area (Å²) in [5.74, 6) is 0.311. The van der Waals surface area contributed by atoms with Crippen molar-refractivity contribution in [2.24, 2.45) is 11.1 Å². The van der Waals surface area contributed by atoms with Crippen molar-refractivity contribution < 1.29 is 19.4 Å². The number of rotatable bonds is 13. The summed E-state index contributed by atoms with van der Waals surface area (Å²) in [7, 11) is 0. The van der Waals surface area contributed by atoms with Crippen LogP contribution in [-0.2, 0) is 0 Å². The molecule has 2 aromatic rings. The molecule has 6 N–H and O–H groups in total. The van der Waals surface area contributed by atoms with Crippen LogP contribution in [0.3, 0.4) is 0 Å². The minimum atomic E-state index is -0.629. The quantitative estimate of drug-likeness (QED) is 0.280. The molecule has 34 heavy (non-hydrogen) atoms. The first-order valence-corrected chi connectivity index (χ1v) is 11.7. The van der Waals surface area contributed by atoms with Gasteiger partial charge in [0.15, 0.2) is 0 Å². The second-order valence-electron chi connectivity index (χ2n) is 9.52. The number of nitrogens with two attached hydrogens (primary N) is 1. The fraction of sp³-hybridized carbons (Fsp3) is 0.462. The zero-order chi connectivity index (χ0) is 25.0. The van der Waals surface area contributed by atoms with E-state index in [9.17, 15) is 14.7 Å². The number of carbonyl (C=O) groups excluding carboxylic acids is 2. The van der Waals surface area contributed by atoms with Crippen molar-refractivity contribution in [1.29, 1.82) is 0 Å². The number of aromatic hydroxyl groups is 1. The van der Waals surface area contributed by atoms with E-state index in [4.69, 9.17) is 10.5 Å². The van der Waals surface area contributed by atoms with Gasteiger partial charge in [0.2, 0.25) is 0 Å². The molecule has 2 aromatic carbocycles. The number of amides is 3. The van der Waals surface area contributed by atoms with E-state index in [0.717, 1.165) is 25.7 Å². The predicted octanol–water partition coefficient (Wildman–Crippen LogP) is 4.26. The standard InChI is InChI=1S/C26H38N4O4/c1-26(2,3)18-19(10-8-9-15-29-24(32)20-11-4-6-13-22(20)31)28-16-17-34-23-14-7-5-12-21(23)30-25(27)33/h4-7,11-14,19,28,31H,8-10,15-18H2,1-3H3,(H,29,32)(H3,27,30,33). The molecule has 0 aliphatic heterocycles. The molecule has 0 fully saturated rings. The van der Waals surface area contributed by atoms with Gasteiger partial charge in [0.1, 0.15) is 18.1 Å². The molecular weight excluding hydrogens is 432 g/mol. The first kappa shape index (κ1) is 27.0. The van der Waals surface area contributed by atoms with Gasteiger partial charge < -0.3 is 31.5 Å². The van der Waals surface area contributed by atoms with E-state index >= 15 is 0 Å². The van der Waals surface area contributed by atoms with Gasteiger partial charge in [0.05, 0.1) is 11.3 Å². The third-order valence-electron chi connectivity index (χ3n) is 5.21. The maximum Gasteiger partial charge on any atom is 0.316 e. The molecule has 0 bridgehead atoms. The predicted molar refractivity (Wildman–Crippen MR) is 135 cm³/mol. The van der Waals surface area contributed by atoms with Crippen LogP contribution in [0.15, 0.2) is 48.5 Å². The van der Waals surface area contributed by atoms with Crippen molar-refractivity contribution in [3.63, 3.8) is 0 Å². The second-order valence-corrected chi connectivity index (χ2v) is 9.52. The first-order chi connectivity index (χ1) is 16.2. The molecule has 0 radical (unpaired) electrons. The zero-order valence-corrected chi connectivity index (χ0v) is 20.4. The van der Waals surface area contributed by atoms with Gasteiger partial charge in [-0.15, -0.1) is 0 Å². The van der Waals surface area contributed by atoms with Crippen LogP contribution in [0, 0.1) is 5.41 Å². The number of benzene rings is 2. The topological polar surface area (TPSA) is 126 Å². The van der Waals surface area contributed by atoms with Crippen LogP contribution in [0.5, 0.6) is 11.5 Å². The Morgan fingerprint density at radius 2 is 1.74 bits per heavy atom. The Hall–Kier alpha value is -3.26. The van der Waals surface area contributed by atoms with Gasteiger partial charge in [0, 0.05) is 19.1 Å². The number of hydrogen-bond acceptors (Lipinski definition) is 5. The van der Waals surface area contributed by atoms with E-state index in [-0.39, 0.29) is 17.1 Å². The average molecular weight is 471 g/mol. The van der Waals surface area contributed by atoms with Crippen molar-refractivity contribution in [1.82, 2.24) is 10.6 Å². The summed E-state index contributed by atoms with van der Waals surface area (Å²) in [5.41, 5.74) is 6.23. The molecule has 0 saturated heterocycles. The number of nitrogens with one attached hydrogen (secondary N) is 3. The van der Waals surface area contributed by atoms with Crippen LogP contribution < -0.4 is 26.4 Å². The number of phenolic OH excluding ortho intramolecular Hbond substituents is 1. The highest BCUT2D eigenvalue weighted by atomic mass is 16.5. The molecule has 8 heteroatoms. The highest BCUT2D eigenvalue weighted by Gasteiger charge is 2.18. The Kier molecular flexibility index (Phi) is 10.7. The molecule has 1 unspecified atom stereocenters. The Bertz CT molecular complexity index is 927. The lowest BCUT2D eigenvalue weighted by Gasteiger charge is -2.27. The molecule has 0 aliphatic carbocycles. The molecule has 8 nitrogen and oxygen atoms in total. The Labute approximate surface area is 202 Å². The summed E-state index contributed by atoms with van der Waals surface area (Å²) < 4.78 is 5.84. The van der Waals surface area contributed by atoms with Crippen LogP contribution in [0.2, 0.25) is 0 Å². The molecule has 0 aromatic heterocycles. The number of phenols is 1. The van der Waals surface area contributed by atoms with Crippen LogP contribution in [0.25, 0.3) is 0 Å². The summed E-state index contributed by atoms with van der Waals surface area (Å²) in [5, 5.41) is 18.8. The van der Waals surface area contributed by atoms with Gasteiger partial charge in [-0.1, -0.05) is 51.5 Å². The normalized spacial score (nSPS) is 12.1. The monoisotopic (exact) mass is 470 g/mol. The van der Waals surface area contributed by atoms with Crippen LogP contribution in [0.1, 0.15) is 56.8 Å². The smallest absolute Gasteiger partial charge is 0.316 e. The molecule has 186 valence electrons. The molecule has 0 saturated carbocycles. The second kappa shape index (κ2) is 13.4. The Balaban J connectivity index is 1.75. The Morgan fingerprint density at radius 1 is 1.03 bits per heavy atom. The van der Waals surface area contributed by atoms with E-state index in [0.29, 0.717) is 42.7 Å². The lowest BCUT2D eigenvalue weighted by atomic mass is 9.86. The number of para-hydroxylation sites is 3. The summed E-state index contributed by atoms with van der Waals surface area (Å²) in [6, 6.07) is 13.4. The lowest BCUT2D eigenvalue weighted by Crippen LogP contribution is -2.36. The van der Waals surface area contributed by atoms with Crippen LogP contribution in [0.4, 0.5) is 10.5 Å². The molecular formula is C26H38N4O4. The van der Waals surface area contributed by atoms with Crippen molar-refractivity contribution in [2.75, 3.05) is 25.0 Å². The summed E-state index contributed by atoms with van der Waals surface area (Å²) in [6.07, 6.45) is 3.80.